The van der Waals surface area contributed by atoms with Gasteiger partial charge in [-0.25, -0.2) is 19.6 Å². The Kier molecular flexibility index (Phi) is 10.5. The van der Waals surface area contributed by atoms with Gasteiger partial charge in [0.2, 0.25) is 5.91 Å². The van der Waals surface area contributed by atoms with Gasteiger partial charge in [0.25, 0.3) is 0 Å². The third kappa shape index (κ3) is 8.88. The molecule has 0 unspecified atom stereocenters. The van der Waals surface area contributed by atoms with E-state index in [2.05, 4.69) is 0 Å². The monoisotopic (exact) mass is 490 g/mol. The molecule has 1 fully saturated rings. The van der Waals surface area contributed by atoms with Crippen LogP contribution in [0.4, 0.5) is 4.79 Å². The van der Waals surface area contributed by atoms with E-state index in [1.54, 1.807) is 20.8 Å². The summed E-state index contributed by atoms with van der Waals surface area (Å²) >= 11 is 0. The zero-order valence-corrected chi connectivity index (χ0v) is 21.2. The molecule has 0 radical (unpaired) electrons. The van der Waals surface area contributed by atoms with E-state index in [1.165, 1.54) is 0 Å². The van der Waals surface area contributed by atoms with E-state index in [9.17, 15) is 24.3 Å². The summed E-state index contributed by atoms with van der Waals surface area (Å²) in [5.74, 6) is -3.18. The molecular weight excluding hydrogens is 452 g/mol. The van der Waals surface area contributed by atoms with Crippen LogP contribution in [0.15, 0.2) is 30.3 Å². The highest BCUT2D eigenvalue weighted by Crippen LogP contribution is 2.27. The second kappa shape index (κ2) is 13.1. The van der Waals surface area contributed by atoms with Gasteiger partial charge in [-0.1, -0.05) is 56.5 Å². The van der Waals surface area contributed by atoms with Gasteiger partial charge >= 0.3 is 18.0 Å². The van der Waals surface area contributed by atoms with Gasteiger partial charge in [-0.15, -0.1) is 0 Å². The summed E-state index contributed by atoms with van der Waals surface area (Å²) < 4.78 is 11.0. The molecule has 194 valence electrons. The molecule has 1 saturated heterocycles. The van der Waals surface area contributed by atoms with Crippen LogP contribution >= 0.6 is 0 Å². The molecule has 1 aliphatic heterocycles. The van der Waals surface area contributed by atoms with Crippen LogP contribution in [-0.2, 0) is 30.5 Å². The molecule has 1 aromatic rings. The maximum atomic E-state index is 13.7. The highest BCUT2D eigenvalue weighted by atomic mass is 16.6. The molecule has 35 heavy (non-hydrogen) atoms. The first-order valence-corrected chi connectivity index (χ1v) is 12.3. The Labute approximate surface area is 207 Å². The average Bonchev–Trinajstić information content (AvgIpc) is 2.80. The first kappa shape index (κ1) is 28.1. The van der Waals surface area contributed by atoms with Gasteiger partial charge in [0.05, 0.1) is 12.3 Å². The molecule has 1 aromatic carbocycles. The van der Waals surface area contributed by atoms with Crippen LogP contribution in [0.5, 0.6) is 0 Å². The van der Waals surface area contributed by atoms with Crippen molar-refractivity contribution in [2.75, 3.05) is 6.54 Å². The summed E-state index contributed by atoms with van der Waals surface area (Å²) in [6.07, 6.45) is 2.40. The molecule has 9 heteroatoms. The minimum atomic E-state index is -1.11. The molecule has 2 rings (SSSR count). The van der Waals surface area contributed by atoms with Crippen LogP contribution in [0.2, 0.25) is 0 Å². The van der Waals surface area contributed by atoms with Crippen molar-refractivity contribution in [2.45, 2.75) is 90.9 Å². The highest BCUT2D eigenvalue weighted by Gasteiger charge is 2.44. The highest BCUT2D eigenvalue weighted by molar-refractivity contribution is 5.89. The zero-order valence-electron chi connectivity index (χ0n) is 21.2. The Morgan fingerprint density at radius 3 is 2.40 bits per heavy atom. The van der Waals surface area contributed by atoms with Gasteiger partial charge in [-0.05, 0) is 45.6 Å². The molecule has 0 aliphatic carbocycles. The number of carbonyl (C=O) groups excluding carboxylic acids is 3. The van der Waals surface area contributed by atoms with E-state index in [0.717, 1.165) is 28.4 Å². The molecule has 2 amide bonds. The van der Waals surface area contributed by atoms with Crippen molar-refractivity contribution < 1.29 is 33.8 Å². The lowest BCUT2D eigenvalue weighted by Gasteiger charge is -2.43. The van der Waals surface area contributed by atoms with E-state index in [4.69, 9.17) is 9.47 Å². The first-order valence-electron chi connectivity index (χ1n) is 12.3. The summed E-state index contributed by atoms with van der Waals surface area (Å²) in [5, 5.41) is 11.7. The minimum Gasteiger partial charge on any atom is -0.481 e. The van der Waals surface area contributed by atoms with Gasteiger partial charge in [-0.3, -0.25) is 9.59 Å². The molecule has 1 N–H and O–H groups in total. The number of carboxylic acids is 1. The fourth-order valence-corrected chi connectivity index (χ4v) is 4.02. The smallest absolute Gasteiger partial charge is 0.429 e. The predicted molar refractivity (Wildman–Crippen MR) is 129 cm³/mol. The average molecular weight is 491 g/mol. The van der Waals surface area contributed by atoms with Crippen LogP contribution < -0.4 is 0 Å². The number of rotatable bonds is 10. The lowest BCUT2D eigenvalue weighted by atomic mass is 9.95. The number of carbonyl (C=O) groups is 4. The fraction of sp³-hybridized carbons (Fsp3) is 0.615. The Bertz CT molecular complexity index is 866. The van der Waals surface area contributed by atoms with Crippen molar-refractivity contribution in [1.29, 1.82) is 0 Å². The van der Waals surface area contributed by atoms with Crippen LogP contribution in [0.3, 0.4) is 0 Å². The number of amides is 2. The summed E-state index contributed by atoms with van der Waals surface area (Å²) in [6, 6.07) is 8.08. The number of hydrazine groups is 1. The Balaban J connectivity index is 2.32. The molecule has 0 bridgehead atoms. The van der Waals surface area contributed by atoms with Crippen molar-refractivity contribution in [3.8, 4) is 0 Å². The zero-order chi connectivity index (χ0) is 26.0. The number of hydrogen-bond donors (Lipinski definition) is 1. The lowest BCUT2D eigenvalue weighted by Crippen LogP contribution is -2.62. The van der Waals surface area contributed by atoms with E-state index in [1.807, 2.05) is 37.3 Å². The van der Waals surface area contributed by atoms with E-state index in [0.29, 0.717) is 25.7 Å². The van der Waals surface area contributed by atoms with Crippen molar-refractivity contribution >= 4 is 23.9 Å². The Hall–Kier alpha value is -3.10. The maximum Gasteiger partial charge on any atom is 0.429 e. The normalized spacial score (nSPS) is 17.0. The SMILES string of the molecule is CCCCC[C@@H](CC(=O)O)C(=O)N1[C@H](C(=O)OC(C)(C)C)CCCN1C(=O)OCc1ccccc1. The number of hydrogen-bond acceptors (Lipinski definition) is 6. The minimum absolute atomic E-state index is 0.00433. The van der Waals surface area contributed by atoms with Crippen LogP contribution in [-0.4, -0.2) is 57.3 Å². The second-order valence-electron chi connectivity index (χ2n) is 9.83. The van der Waals surface area contributed by atoms with Gasteiger partial charge in [0, 0.05) is 6.54 Å². The number of carboxylic acid groups (broad SMARTS) is 1. The van der Waals surface area contributed by atoms with Crippen LogP contribution in [0.1, 0.15) is 78.2 Å². The van der Waals surface area contributed by atoms with Gasteiger partial charge in [-0.2, -0.15) is 0 Å². The van der Waals surface area contributed by atoms with Gasteiger partial charge < -0.3 is 14.6 Å². The summed E-state index contributed by atoms with van der Waals surface area (Å²) in [4.78, 5) is 51.4. The third-order valence-electron chi connectivity index (χ3n) is 5.65. The molecule has 9 nitrogen and oxygen atoms in total. The lowest BCUT2D eigenvalue weighted by molar-refractivity contribution is -0.183. The van der Waals surface area contributed by atoms with Crippen molar-refractivity contribution in [2.24, 2.45) is 5.92 Å². The fourth-order valence-electron chi connectivity index (χ4n) is 4.02. The van der Waals surface area contributed by atoms with E-state index >= 15 is 0 Å². The largest absolute Gasteiger partial charge is 0.481 e. The molecule has 0 spiro atoms. The number of nitrogens with zero attached hydrogens (tertiary/aromatic N) is 2. The van der Waals surface area contributed by atoms with Crippen LogP contribution in [0, 0.1) is 5.92 Å². The molecule has 1 heterocycles. The summed E-state index contributed by atoms with van der Waals surface area (Å²) in [5.41, 5.74) is -0.00788. The summed E-state index contributed by atoms with van der Waals surface area (Å²) in [7, 11) is 0. The van der Waals surface area contributed by atoms with Gasteiger partial charge in [0.15, 0.2) is 6.04 Å². The van der Waals surface area contributed by atoms with E-state index in [-0.39, 0.29) is 19.6 Å². The topological polar surface area (TPSA) is 113 Å². The van der Waals surface area contributed by atoms with Crippen LogP contribution in [0.25, 0.3) is 0 Å². The summed E-state index contributed by atoms with van der Waals surface area (Å²) in [6.45, 7) is 7.37. The Morgan fingerprint density at radius 2 is 1.80 bits per heavy atom. The third-order valence-corrected chi connectivity index (χ3v) is 5.65. The van der Waals surface area contributed by atoms with E-state index < -0.39 is 41.5 Å². The molecule has 0 saturated carbocycles. The number of aliphatic carboxylic acids is 1. The van der Waals surface area contributed by atoms with Crippen molar-refractivity contribution in [3.05, 3.63) is 35.9 Å². The Morgan fingerprint density at radius 1 is 1.11 bits per heavy atom. The van der Waals surface area contributed by atoms with Crippen molar-refractivity contribution in [3.63, 3.8) is 0 Å². The maximum absolute atomic E-state index is 13.7. The predicted octanol–water partition coefficient (Wildman–Crippen LogP) is 4.54. The molecule has 1 aliphatic rings. The number of unbranched alkanes of at least 4 members (excludes halogenated alkanes) is 2. The quantitative estimate of drug-likeness (QED) is 0.378. The first-order chi connectivity index (χ1) is 16.5. The standard InChI is InChI=1S/C26H38N2O7/c1-5-6-8-14-20(17-22(29)30)23(31)28-21(24(32)35-26(2,3)4)15-11-16-27(28)25(33)34-18-19-12-9-7-10-13-19/h7,9-10,12-13,20-21H,5-6,8,11,14-18H2,1-4H3,(H,29,30)/t20-,21-/m0/s1. The second-order valence-corrected chi connectivity index (χ2v) is 9.83. The number of ether oxygens (including phenoxy) is 2. The number of esters is 1. The van der Waals surface area contributed by atoms with Crippen molar-refractivity contribution in [1.82, 2.24) is 10.0 Å². The molecule has 2 atom stereocenters. The molecular formula is C26H38N2O7. The number of benzene rings is 1. The molecule has 0 aromatic heterocycles. The van der Waals surface area contributed by atoms with Gasteiger partial charge in [0.1, 0.15) is 12.2 Å².